The van der Waals surface area contributed by atoms with Gasteiger partial charge in [-0.1, -0.05) is 23.7 Å². The molecule has 1 atom stereocenters. The van der Waals surface area contributed by atoms with Crippen molar-refractivity contribution in [3.05, 3.63) is 76.5 Å². The zero-order valence-corrected chi connectivity index (χ0v) is 13.5. The summed E-state index contributed by atoms with van der Waals surface area (Å²) in [6.45, 7) is 0.662. The number of benzene rings is 2. The van der Waals surface area contributed by atoms with Gasteiger partial charge in [-0.25, -0.2) is 9.37 Å². The first-order valence-corrected chi connectivity index (χ1v) is 8.08. The molecule has 2 heterocycles. The molecule has 0 saturated carbocycles. The van der Waals surface area contributed by atoms with Crippen molar-refractivity contribution in [2.75, 3.05) is 0 Å². The molecule has 0 bridgehead atoms. The van der Waals surface area contributed by atoms with Gasteiger partial charge in [0.15, 0.2) is 0 Å². The molecule has 1 aliphatic heterocycles. The number of halogens is 2. The van der Waals surface area contributed by atoms with E-state index in [-0.39, 0.29) is 11.7 Å². The van der Waals surface area contributed by atoms with Gasteiger partial charge in [0.2, 0.25) is 0 Å². The molecule has 2 aromatic carbocycles. The summed E-state index contributed by atoms with van der Waals surface area (Å²) in [5.74, 6) is 0.668. The predicted molar refractivity (Wildman–Crippen MR) is 90.9 cm³/mol. The standard InChI is InChI=1S/C19H14ClFN2O/c20-15-4-2-13(3-5-15)18-10-23-9-14(8-19(23)22-18)16-7-12(11-24)1-6-17(16)21/h1-7,10-11,14H,8-9H2. The second-order valence-electron chi connectivity index (χ2n) is 6.00. The van der Waals surface area contributed by atoms with E-state index in [9.17, 15) is 9.18 Å². The highest BCUT2D eigenvalue weighted by atomic mass is 35.5. The normalized spacial score (nSPS) is 16.2. The van der Waals surface area contributed by atoms with Gasteiger partial charge in [0.05, 0.1) is 5.69 Å². The van der Waals surface area contributed by atoms with Gasteiger partial charge in [-0.3, -0.25) is 4.79 Å². The Morgan fingerprint density at radius 1 is 1.21 bits per heavy atom. The molecule has 0 amide bonds. The minimum absolute atomic E-state index is 0.00617. The lowest BCUT2D eigenvalue weighted by atomic mass is 9.95. The van der Waals surface area contributed by atoms with Crippen LogP contribution in [0, 0.1) is 5.82 Å². The molecular weight excluding hydrogens is 327 g/mol. The number of fused-ring (bicyclic) bond motifs is 1. The lowest BCUT2D eigenvalue weighted by Gasteiger charge is -2.11. The van der Waals surface area contributed by atoms with Gasteiger partial charge < -0.3 is 4.57 Å². The molecule has 4 rings (SSSR count). The number of hydrogen-bond acceptors (Lipinski definition) is 2. The lowest BCUT2D eigenvalue weighted by molar-refractivity contribution is 0.112. The number of hydrogen-bond donors (Lipinski definition) is 0. The predicted octanol–water partition coefficient (Wildman–Crippen LogP) is 4.50. The quantitative estimate of drug-likeness (QED) is 0.658. The molecule has 1 aromatic heterocycles. The van der Waals surface area contributed by atoms with Crippen molar-refractivity contribution in [3.8, 4) is 11.3 Å². The Kier molecular flexibility index (Phi) is 3.69. The largest absolute Gasteiger partial charge is 0.334 e. The molecule has 0 fully saturated rings. The first-order chi connectivity index (χ1) is 11.6. The maximum Gasteiger partial charge on any atom is 0.150 e. The highest BCUT2D eigenvalue weighted by Gasteiger charge is 2.27. The van der Waals surface area contributed by atoms with Crippen LogP contribution in [0.2, 0.25) is 5.02 Å². The average molecular weight is 341 g/mol. The summed E-state index contributed by atoms with van der Waals surface area (Å²) in [7, 11) is 0. The Bertz CT molecular complexity index is 894. The van der Waals surface area contributed by atoms with E-state index >= 15 is 0 Å². The van der Waals surface area contributed by atoms with Gasteiger partial charge in [-0.2, -0.15) is 0 Å². The number of aromatic nitrogens is 2. The Hall–Kier alpha value is -2.46. The number of aldehydes is 1. The Morgan fingerprint density at radius 2 is 2.00 bits per heavy atom. The van der Waals surface area contributed by atoms with Crippen LogP contribution in [0.5, 0.6) is 0 Å². The van der Waals surface area contributed by atoms with Crippen LogP contribution in [-0.2, 0) is 13.0 Å². The van der Waals surface area contributed by atoms with Crippen molar-refractivity contribution < 1.29 is 9.18 Å². The van der Waals surface area contributed by atoms with Crippen LogP contribution in [0.1, 0.15) is 27.7 Å². The van der Waals surface area contributed by atoms with E-state index in [4.69, 9.17) is 11.6 Å². The van der Waals surface area contributed by atoms with Crippen molar-refractivity contribution in [3.63, 3.8) is 0 Å². The van der Waals surface area contributed by atoms with Crippen LogP contribution >= 0.6 is 11.6 Å². The highest BCUT2D eigenvalue weighted by molar-refractivity contribution is 6.30. The smallest absolute Gasteiger partial charge is 0.150 e. The molecule has 5 heteroatoms. The first-order valence-electron chi connectivity index (χ1n) is 7.70. The van der Waals surface area contributed by atoms with E-state index in [0.29, 0.717) is 29.1 Å². The molecule has 0 radical (unpaired) electrons. The van der Waals surface area contributed by atoms with E-state index in [1.807, 2.05) is 30.5 Å². The summed E-state index contributed by atoms with van der Waals surface area (Å²) in [6.07, 6.45) is 3.39. The number of nitrogens with zero attached hydrogens (tertiary/aromatic N) is 2. The molecule has 1 aliphatic rings. The van der Waals surface area contributed by atoms with Gasteiger partial charge in [0.1, 0.15) is 17.9 Å². The summed E-state index contributed by atoms with van der Waals surface area (Å²) in [6, 6.07) is 12.0. The summed E-state index contributed by atoms with van der Waals surface area (Å²) >= 11 is 5.91. The van der Waals surface area contributed by atoms with Crippen LogP contribution < -0.4 is 0 Å². The average Bonchev–Trinajstić information content (AvgIpc) is 3.15. The van der Waals surface area contributed by atoms with E-state index < -0.39 is 0 Å². The van der Waals surface area contributed by atoms with Gasteiger partial charge in [0.25, 0.3) is 0 Å². The maximum absolute atomic E-state index is 14.1. The number of imidazole rings is 1. The second-order valence-corrected chi connectivity index (χ2v) is 6.44. The van der Waals surface area contributed by atoms with E-state index in [2.05, 4.69) is 9.55 Å². The second kappa shape index (κ2) is 5.87. The highest BCUT2D eigenvalue weighted by Crippen LogP contribution is 2.33. The Morgan fingerprint density at radius 3 is 2.71 bits per heavy atom. The van der Waals surface area contributed by atoms with Crippen LogP contribution in [0.15, 0.2) is 48.7 Å². The summed E-state index contributed by atoms with van der Waals surface area (Å²) in [5.41, 5.74) is 2.98. The first kappa shape index (κ1) is 15.1. The van der Waals surface area contributed by atoms with Crippen molar-refractivity contribution >= 4 is 17.9 Å². The molecule has 1 unspecified atom stereocenters. The SMILES string of the molecule is O=Cc1ccc(F)c(C2Cc3nc(-c4ccc(Cl)cc4)cn3C2)c1. The third-order valence-corrected chi connectivity index (χ3v) is 4.69. The van der Waals surface area contributed by atoms with E-state index in [1.54, 1.807) is 6.07 Å². The minimum atomic E-state index is -0.269. The monoisotopic (exact) mass is 340 g/mol. The number of carbonyl (C=O) groups excluding carboxylic acids is 1. The summed E-state index contributed by atoms with van der Waals surface area (Å²) < 4.78 is 16.2. The molecule has 3 nitrogen and oxygen atoms in total. The van der Waals surface area contributed by atoms with Gasteiger partial charge in [0, 0.05) is 41.2 Å². The van der Waals surface area contributed by atoms with Gasteiger partial charge >= 0.3 is 0 Å². The van der Waals surface area contributed by atoms with Crippen LogP contribution in [-0.4, -0.2) is 15.8 Å². The fourth-order valence-corrected chi connectivity index (χ4v) is 3.34. The molecule has 24 heavy (non-hydrogen) atoms. The van der Waals surface area contributed by atoms with Crippen LogP contribution in [0.25, 0.3) is 11.3 Å². The summed E-state index contributed by atoms with van der Waals surface area (Å²) in [5, 5.41) is 0.691. The van der Waals surface area contributed by atoms with E-state index in [0.717, 1.165) is 23.4 Å². The minimum Gasteiger partial charge on any atom is -0.334 e. The zero-order valence-electron chi connectivity index (χ0n) is 12.7. The summed E-state index contributed by atoms with van der Waals surface area (Å²) in [4.78, 5) is 15.6. The maximum atomic E-state index is 14.1. The zero-order chi connectivity index (χ0) is 16.7. The fourth-order valence-electron chi connectivity index (χ4n) is 3.21. The van der Waals surface area contributed by atoms with Gasteiger partial charge in [-0.05, 0) is 35.9 Å². The van der Waals surface area contributed by atoms with Gasteiger partial charge in [-0.15, -0.1) is 0 Å². The van der Waals surface area contributed by atoms with E-state index in [1.165, 1.54) is 12.1 Å². The molecule has 120 valence electrons. The molecule has 0 spiro atoms. The topological polar surface area (TPSA) is 34.9 Å². The van der Waals surface area contributed by atoms with Crippen LogP contribution in [0.4, 0.5) is 4.39 Å². The molecular formula is C19H14ClFN2O. The number of carbonyl (C=O) groups is 1. The Labute approximate surface area is 143 Å². The molecule has 0 N–H and O–H groups in total. The number of rotatable bonds is 3. The van der Waals surface area contributed by atoms with Crippen LogP contribution in [0.3, 0.4) is 0 Å². The third kappa shape index (κ3) is 2.63. The fraction of sp³-hybridized carbons (Fsp3) is 0.158. The molecule has 0 saturated heterocycles. The van der Waals surface area contributed by atoms with Crippen molar-refractivity contribution in [2.24, 2.45) is 0 Å². The molecule has 0 aliphatic carbocycles. The lowest BCUT2D eigenvalue weighted by Crippen LogP contribution is -2.04. The van der Waals surface area contributed by atoms with Crippen molar-refractivity contribution in [2.45, 2.75) is 18.9 Å². The van der Waals surface area contributed by atoms with Crippen molar-refractivity contribution in [1.29, 1.82) is 0 Å². The Balaban J connectivity index is 1.61. The van der Waals surface area contributed by atoms with Crippen molar-refractivity contribution in [1.82, 2.24) is 9.55 Å². The molecule has 3 aromatic rings. The third-order valence-electron chi connectivity index (χ3n) is 4.44.